The molecule has 2 atom stereocenters. The third-order valence-corrected chi connectivity index (χ3v) is 4.33. The maximum Gasteiger partial charge on any atom is 0.523 e. The lowest BCUT2D eigenvalue weighted by Gasteiger charge is -2.27. The van der Waals surface area contributed by atoms with Gasteiger partial charge in [0.15, 0.2) is 6.61 Å². The van der Waals surface area contributed by atoms with E-state index in [1.807, 2.05) is 0 Å². The fourth-order valence-electron chi connectivity index (χ4n) is 2.64. The summed E-state index contributed by atoms with van der Waals surface area (Å²) in [5.41, 5.74) is 0. The van der Waals surface area contributed by atoms with E-state index >= 15 is 0 Å². The van der Waals surface area contributed by atoms with Gasteiger partial charge in [-0.05, 0) is 25.0 Å². The summed E-state index contributed by atoms with van der Waals surface area (Å²) < 4.78 is 68.9. The Labute approximate surface area is 172 Å². The zero-order valence-electron chi connectivity index (χ0n) is 15.2. The molecule has 13 heteroatoms. The Morgan fingerprint density at radius 1 is 1.30 bits per heavy atom. The molecular weight excluding hydrogens is 438 g/mol. The molecule has 3 rings (SSSR count). The molecule has 0 unspecified atom stereocenters. The Bertz CT molecular complexity index is 871. The third kappa shape index (κ3) is 6.54. The Balaban J connectivity index is 1.40. The van der Waals surface area contributed by atoms with Gasteiger partial charge in [-0.2, -0.15) is 0 Å². The second-order valence-corrected chi connectivity index (χ2v) is 6.70. The highest BCUT2D eigenvalue weighted by Crippen LogP contribution is 2.28. The van der Waals surface area contributed by atoms with E-state index in [1.54, 1.807) is 0 Å². The lowest BCUT2D eigenvalue weighted by atomic mass is 10.1. The van der Waals surface area contributed by atoms with E-state index in [0.29, 0.717) is 12.8 Å². The molecular formula is C17H16ClF4N3O5. The van der Waals surface area contributed by atoms with Crippen LogP contribution in [0.2, 0.25) is 5.02 Å². The van der Waals surface area contributed by atoms with Crippen LogP contribution in [0.4, 0.5) is 17.6 Å². The first-order chi connectivity index (χ1) is 14.2. The molecule has 1 fully saturated rings. The van der Waals surface area contributed by atoms with Crippen LogP contribution in [-0.2, 0) is 20.9 Å². The zero-order valence-corrected chi connectivity index (χ0v) is 16.0. The van der Waals surface area contributed by atoms with Crippen molar-refractivity contribution in [3.8, 4) is 5.75 Å². The second-order valence-electron chi connectivity index (χ2n) is 6.30. The van der Waals surface area contributed by atoms with Gasteiger partial charge in [0.2, 0.25) is 11.8 Å². The first kappa shape index (κ1) is 22.2. The molecule has 2 aromatic rings. The first-order valence-corrected chi connectivity index (χ1v) is 9.09. The van der Waals surface area contributed by atoms with Gasteiger partial charge in [-0.3, -0.25) is 9.53 Å². The minimum Gasteiger partial charge on any atom is -0.484 e. The molecule has 30 heavy (non-hydrogen) atoms. The summed E-state index contributed by atoms with van der Waals surface area (Å²) >= 11 is 5.57. The van der Waals surface area contributed by atoms with Gasteiger partial charge in [-0.15, -0.1) is 23.4 Å². The minimum absolute atomic E-state index is 0.0358. The zero-order chi connectivity index (χ0) is 21.7. The van der Waals surface area contributed by atoms with Crippen LogP contribution in [0.5, 0.6) is 5.75 Å². The van der Waals surface area contributed by atoms with Gasteiger partial charge in [0.25, 0.3) is 5.91 Å². The van der Waals surface area contributed by atoms with Crippen molar-refractivity contribution < 1.29 is 41.0 Å². The summed E-state index contributed by atoms with van der Waals surface area (Å²) in [6, 6.07) is 3.51. The number of nitrogens with zero attached hydrogens (tertiary/aromatic N) is 2. The fraction of sp³-hybridized carbons (Fsp3) is 0.471. The summed E-state index contributed by atoms with van der Waals surface area (Å²) in [4.78, 5) is 12.0. The fourth-order valence-corrected chi connectivity index (χ4v) is 2.76. The van der Waals surface area contributed by atoms with E-state index in [9.17, 15) is 22.4 Å². The average molecular weight is 454 g/mol. The normalized spacial score (nSPS) is 19.5. The summed E-state index contributed by atoms with van der Waals surface area (Å²) in [6.45, 7) is -1.09. The van der Waals surface area contributed by atoms with Crippen molar-refractivity contribution in [3.05, 3.63) is 40.8 Å². The largest absolute Gasteiger partial charge is 0.523 e. The number of carbonyl (C=O) groups is 1. The predicted molar refractivity (Wildman–Crippen MR) is 91.9 cm³/mol. The Kier molecular flexibility index (Phi) is 7.10. The lowest BCUT2D eigenvalue weighted by molar-refractivity contribution is -0.332. The van der Waals surface area contributed by atoms with Crippen LogP contribution in [0.25, 0.3) is 0 Å². The molecule has 164 valence electrons. The second kappa shape index (κ2) is 9.58. The van der Waals surface area contributed by atoms with Crippen LogP contribution in [0, 0.1) is 5.82 Å². The molecule has 0 saturated carbocycles. The quantitative estimate of drug-likeness (QED) is 0.642. The van der Waals surface area contributed by atoms with Crippen LogP contribution in [0.15, 0.2) is 22.6 Å². The molecule has 2 heterocycles. The van der Waals surface area contributed by atoms with Crippen LogP contribution in [-0.4, -0.2) is 41.7 Å². The molecule has 0 radical (unpaired) electrons. The number of hydrogen-bond donors (Lipinski definition) is 1. The van der Waals surface area contributed by atoms with Gasteiger partial charge < -0.3 is 19.2 Å². The molecule has 0 aliphatic carbocycles. The van der Waals surface area contributed by atoms with Crippen LogP contribution < -0.4 is 10.1 Å². The summed E-state index contributed by atoms with van der Waals surface area (Å²) in [7, 11) is 0. The number of benzene rings is 1. The SMILES string of the molecule is O=C(COc1ccc(Cl)c(F)c1)N[C@@H]1CC[C@@H](c2nnc(COC(F)(F)F)o2)OC1. The van der Waals surface area contributed by atoms with Crippen molar-refractivity contribution in [2.24, 2.45) is 0 Å². The van der Waals surface area contributed by atoms with Gasteiger partial charge >= 0.3 is 6.36 Å². The van der Waals surface area contributed by atoms with Gasteiger partial charge in [0.05, 0.1) is 17.7 Å². The maximum atomic E-state index is 13.3. The van der Waals surface area contributed by atoms with Crippen molar-refractivity contribution >= 4 is 17.5 Å². The maximum absolute atomic E-state index is 13.3. The topological polar surface area (TPSA) is 95.7 Å². The molecule has 1 aliphatic rings. The average Bonchev–Trinajstić information content (AvgIpc) is 3.16. The van der Waals surface area contributed by atoms with Gasteiger partial charge in [-0.1, -0.05) is 11.6 Å². The van der Waals surface area contributed by atoms with Gasteiger partial charge in [0.1, 0.15) is 24.3 Å². The molecule has 0 bridgehead atoms. The van der Waals surface area contributed by atoms with Gasteiger partial charge in [0, 0.05) is 6.07 Å². The molecule has 1 aliphatic heterocycles. The number of nitrogens with one attached hydrogen (secondary N) is 1. The van der Waals surface area contributed by atoms with Crippen LogP contribution in [0.1, 0.15) is 30.7 Å². The third-order valence-electron chi connectivity index (χ3n) is 4.02. The van der Waals surface area contributed by atoms with Gasteiger partial charge in [-0.25, -0.2) is 4.39 Å². The lowest BCUT2D eigenvalue weighted by Crippen LogP contribution is -2.43. The van der Waals surface area contributed by atoms with Crippen molar-refractivity contribution in [2.75, 3.05) is 13.2 Å². The molecule has 1 amide bonds. The highest BCUT2D eigenvalue weighted by Gasteiger charge is 2.31. The van der Waals surface area contributed by atoms with Crippen LogP contribution in [0.3, 0.4) is 0 Å². The monoisotopic (exact) mass is 453 g/mol. The summed E-state index contributed by atoms with van der Waals surface area (Å²) in [6.07, 6.45) is -4.50. The van der Waals surface area contributed by atoms with E-state index in [0.717, 1.165) is 6.07 Å². The Morgan fingerprint density at radius 3 is 2.77 bits per heavy atom. The van der Waals surface area contributed by atoms with Crippen molar-refractivity contribution in [3.63, 3.8) is 0 Å². The number of amides is 1. The highest BCUT2D eigenvalue weighted by atomic mass is 35.5. The predicted octanol–water partition coefficient (Wildman–Crippen LogP) is 3.31. The number of aromatic nitrogens is 2. The number of hydrogen-bond acceptors (Lipinski definition) is 7. The molecule has 0 spiro atoms. The van der Waals surface area contributed by atoms with E-state index in [2.05, 4.69) is 20.3 Å². The minimum atomic E-state index is -4.80. The molecule has 1 aromatic heterocycles. The van der Waals surface area contributed by atoms with E-state index in [4.69, 9.17) is 25.5 Å². The summed E-state index contributed by atoms with van der Waals surface area (Å²) in [5, 5.41) is 9.81. The van der Waals surface area contributed by atoms with Crippen molar-refractivity contribution in [2.45, 2.75) is 38.0 Å². The first-order valence-electron chi connectivity index (χ1n) is 8.71. The highest BCUT2D eigenvalue weighted by molar-refractivity contribution is 6.30. The molecule has 1 N–H and O–H groups in total. The molecule has 8 nitrogen and oxygen atoms in total. The number of halogens is 5. The van der Waals surface area contributed by atoms with E-state index in [-0.39, 0.29) is 41.8 Å². The van der Waals surface area contributed by atoms with Crippen LogP contribution >= 0.6 is 11.6 Å². The van der Waals surface area contributed by atoms with Crippen molar-refractivity contribution in [1.29, 1.82) is 0 Å². The van der Waals surface area contributed by atoms with Crippen molar-refractivity contribution in [1.82, 2.24) is 15.5 Å². The van der Waals surface area contributed by atoms with E-state index in [1.165, 1.54) is 12.1 Å². The molecule has 1 aromatic carbocycles. The smallest absolute Gasteiger partial charge is 0.484 e. The number of carbonyl (C=O) groups excluding carboxylic acids is 1. The molecule has 1 saturated heterocycles. The number of alkyl halides is 3. The Morgan fingerprint density at radius 2 is 2.10 bits per heavy atom. The standard InChI is InChI=1S/C17H16ClF4N3O5/c18-11-3-2-10(5-12(11)19)27-7-14(26)23-9-1-4-13(28-6-9)16-25-24-15(30-16)8-29-17(20,21)22/h2-3,5,9,13H,1,4,6-8H2,(H,23,26)/t9-,13+/m1/s1. The summed E-state index contributed by atoms with van der Waals surface area (Å²) in [5.74, 6) is -1.21. The number of ether oxygens (including phenoxy) is 3. The Hall–Kier alpha value is -2.44. The number of rotatable bonds is 7. The van der Waals surface area contributed by atoms with E-state index < -0.39 is 30.8 Å².